The molecule has 5 heteroatoms. The summed E-state index contributed by atoms with van der Waals surface area (Å²) in [5.74, 6) is 0.907. The van der Waals surface area contributed by atoms with Gasteiger partial charge in [-0.15, -0.1) is 0 Å². The molecule has 0 bridgehead atoms. The molecule has 1 fully saturated rings. The summed E-state index contributed by atoms with van der Waals surface area (Å²) in [5, 5.41) is 13.1. The Morgan fingerprint density at radius 3 is 2.80 bits per heavy atom. The summed E-state index contributed by atoms with van der Waals surface area (Å²) in [5.41, 5.74) is 2.26. The first-order chi connectivity index (χ1) is 12.1. The second-order valence-electron chi connectivity index (χ2n) is 6.44. The van der Waals surface area contributed by atoms with Crippen molar-refractivity contribution in [2.45, 2.75) is 19.4 Å². The van der Waals surface area contributed by atoms with Crippen molar-refractivity contribution in [3.63, 3.8) is 0 Å². The first kappa shape index (κ1) is 17.3. The maximum absolute atomic E-state index is 12.9. The highest BCUT2D eigenvalue weighted by Crippen LogP contribution is 2.27. The van der Waals surface area contributed by atoms with Gasteiger partial charge in [-0.2, -0.15) is 0 Å². The maximum Gasteiger partial charge on any atom is 0.255 e. The second-order valence-corrected chi connectivity index (χ2v) is 6.44. The molecule has 1 saturated heterocycles. The lowest BCUT2D eigenvalue weighted by Gasteiger charge is -2.20. The highest BCUT2D eigenvalue weighted by Gasteiger charge is 2.30. The van der Waals surface area contributed by atoms with Crippen LogP contribution in [0, 0.1) is 5.92 Å². The van der Waals surface area contributed by atoms with E-state index in [0.29, 0.717) is 18.7 Å². The van der Waals surface area contributed by atoms with Crippen molar-refractivity contribution in [2.24, 2.45) is 5.92 Å². The van der Waals surface area contributed by atoms with E-state index >= 15 is 0 Å². The number of amides is 1. The van der Waals surface area contributed by atoms with Crippen LogP contribution < -0.4 is 10.1 Å². The lowest BCUT2D eigenvalue weighted by Crippen LogP contribution is -2.30. The Morgan fingerprint density at radius 2 is 2.08 bits per heavy atom. The predicted octanol–water partition coefficient (Wildman–Crippen LogP) is 3.28. The number of anilines is 2. The van der Waals surface area contributed by atoms with Crippen LogP contribution in [0.2, 0.25) is 0 Å². The number of para-hydroxylation sites is 1. The van der Waals surface area contributed by atoms with E-state index in [0.717, 1.165) is 23.5 Å². The van der Waals surface area contributed by atoms with E-state index < -0.39 is 0 Å². The average Bonchev–Trinajstić information content (AvgIpc) is 3.12. The minimum absolute atomic E-state index is 0.00542. The van der Waals surface area contributed by atoms with Gasteiger partial charge in [0.15, 0.2) is 0 Å². The summed E-state index contributed by atoms with van der Waals surface area (Å²) in [4.78, 5) is 14.8. The molecule has 2 N–H and O–H groups in total. The Bertz CT molecular complexity index is 745. The monoisotopic (exact) mass is 340 g/mol. The highest BCUT2D eigenvalue weighted by molar-refractivity contribution is 6.00. The number of hydrogen-bond acceptors (Lipinski definition) is 4. The number of carbonyl (C=O) groups is 1. The quantitative estimate of drug-likeness (QED) is 0.877. The SMILES string of the molecule is COc1cccc(Nc2ccccc2C(=O)N2CCC(C(C)O)C2)c1. The van der Waals surface area contributed by atoms with Gasteiger partial charge in [-0.3, -0.25) is 4.79 Å². The summed E-state index contributed by atoms with van der Waals surface area (Å²) in [7, 11) is 1.63. The fourth-order valence-corrected chi connectivity index (χ4v) is 3.17. The molecule has 0 saturated carbocycles. The molecule has 3 rings (SSSR count). The molecule has 2 aromatic rings. The molecule has 0 radical (unpaired) electrons. The molecule has 1 amide bonds. The van der Waals surface area contributed by atoms with Crippen molar-refractivity contribution < 1.29 is 14.6 Å². The van der Waals surface area contributed by atoms with Crippen LogP contribution in [0.5, 0.6) is 5.75 Å². The van der Waals surface area contributed by atoms with Crippen molar-refractivity contribution in [3.05, 3.63) is 54.1 Å². The van der Waals surface area contributed by atoms with Gasteiger partial charge in [0, 0.05) is 30.8 Å². The van der Waals surface area contributed by atoms with Crippen LogP contribution in [-0.4, -0.2) is 42.2 Å². The van der Waals surface area contributed by atoms with Gasteiger partial charge < -0.3 is 20.1 Å². The van der Waals surface area contributed by atoms with Crippen LogP contribution in [0.15, 0.2) is 48.5 Å². The van der Waals surface area contributed by atoms with E-state index in [1.54, 1.807) is 14.0 Å². The molecule has 0 aliphatic carbocycles. The Hall–Kier alpha value is -2.53. The zero-order valence-corrected chi connectivity index (χ0v) is 14.6. The Labute approximate surface area is 148 Å². The standard InChI is InChI=1S/C20H24N2O3/c1-14(23)15-10-11-22(13-15)20(24)18-8-3-4-9-19(18)21-16-6-5-7-17(12-16)25-2/h3-9,12,14-15,21,23H,10-11,13H2,1-2H3. The van der Waals surface area contributed by atoms with Gasteiger partial charge in [0.1, 0.15) is 5.75 Å². The summed E-state index contributed by atoms with van der Waals surface area (Å²) < 4.78 is 5.25. The number of hydrogen-bond donors (Lipinski definition) is 2. The Morgan fingerprint density at radius 1 is 1.28 bits per heavy atom. The number of carbonyl (C=O) groups excluding carboxylic acids is 1. The smallest absolute Gasteiger partial charge is 0.255 e. The molecule has 2 unspecified atom stereocenters. The molecule has 1 heterocycles. The van der Waals surface area contributed by atoms with Crippen LogP contribution in [0.25, 0.3) is 0 Å². The van der Waals surface area contributed by atoms with Gasteiger partial charge in [0.2, 0.25) is 0 Å². The van der Waals surface area contributed by atoms with Gasteiger partial charge in [-0.1, -0.05) is 18.2 Å². The van der Waals surface area contributed by atoms with Gasteiger partial charge >= 0.3 is 0 Å². The number of aliphatic hydroxyl groups excluding tert-OH is 1. The first-order valence-corrected chi connectivity index (χ1v) is 8.56. The number of nitrogens with zero attached hydrogens (tertiary/aromatic N) is 1. The zero-order chi connectivity index (χ0) is 17.8. The third-order valence-corrected chi connectivity index (χ3v) is 4.70. The molecule has 1 aliphatic heterocycles. The van der Waals surface area contributed by atoms with E-state index in [1.165, 1.54) is 0 Å². The van der Waals surface area contributed by atoms with E-state index in [2.05, 4.69) is 5.32 Å². The normalized spacial score (nSPS) is 18.0. The van der Waals surface area contributed by atoms with E-state index in [-0.39, 0.29) is 17.9 Å². The summed E-state index contributed by atoms with van der Waals surface area (Å²) in [6.45, 7) is 3.07. The molecule has 1 aliphatic rings. The van der Waals surface area contributed by atoms with Gasteiger partial charge in [0.05, 0.1) is 24.5 Å². The van der Waals surface area contributed by atoms with Crippen LogP contribution >= 0.6 is 0 Å². The van der Waals surface area contributed by atoms with Crippen LogP contribution in [0.1, 0.15) is 23.7 Å². The fourth-order valence-electron chi connectivity index (χ4n) is 3.17. The van der Waals surface area contributed by atoms with Crippen molar-refractivity contribution >= 4 is 17.3 Å². The third kappa shape index (κ3) is 3.94. The molecule has 132 valence electrons. The summed E-state index contributed by atoms with van der Waals surface area (Å²) in [6, 6.07) is 15.1. The number of ether oxygens (including phenoxy) is 1. The second kappa shape index (κ2) is 7.57. The molecule has 0 spiro atoms. The summed E-state index contributed by atoms with van der Waals surface area (Å²) in [6.07, 6.45) is 0.456. The van der Waals surface area contributed by atoms with Crippen molar-refractivity contribution in [1.82, 2.24) is 4.90 Å². The predicted molar refractivity (Wildman–Crippen MR) is 98.4 cm³/mol. The van der Waals surface area contributed by atoms with Gasteiger partial charge in [-0.25, -0.2) is 0 Å². The van der Waals surface area contributed by atoms with Crippen LogP contribution in [0.3, 0.4) is 0 Å². The number of nitrogens with one attached hydrogen (secondary N) is 1. The third-order valence-electron chi connectivity index (χ3n) is 4.70. The Kier molecular flexibility index (Phi) is 5.24. The molecule has 2 atom stereocenters. The molecular weight excluding hydrogens is 316 g/mol. The van der Waals surface area contributed by atoms with Crippen LogP contribution in [0.4, 0.5) is 11.4 Å². The summed E-state index contributed by atoms with van der Waals surface area (Å²) >= 11 is 0. The Balaban J connectivity index is 1.80. The average molecular weight is 340 g/mol. The maximum atomic E-state index is 12.9. The van der Waals surface area contributed by atoms with E-state index in [4.69, 9.17) is 4.74 Å². The molecular formula is C20H24N2O3. The molecule has 2 aromatic carbocycles. The zero-order valence-electron chi connectivity index (χ0n) is 14.6. The van der Waals surface area contributed by atoms with Crippen molar-refractivity contribution in [3.8, 4) is 5.75 Å². The van der Waals surface area contributed by atoms with Gasteiger partial charge in [-0.05, 0) is 37.6 Å². The van der Waals surface area contributed by atoms with Crippen molar-refractivity contribution in [2.75, 3.05) is 25.5 Å². The molecule has 5 nitrogen and oxygen atoms in total. The van der Waals surface area contributed by atoms with Crippen LogP contribution in [-0.2, 0) is 0 Å². The highest BCUT2D eigenvalue weighted by atomic mass is 16.5. The van der Waals surface area contributed by atoms with E-state index in [1.807, 2.05) is 53.4 Å². The lowest BCUT2D eigenvalue weighted by molar-refractivity contribution is 0.0763. The van der Waals surface area contributed by atoms with E-state index in [9.17, 15) is 9.90 Å². The topological polar surface area (TPSA) is 61.8 Å². The minimum Gasteiger partial charge on any atom is -0.497 e. The first-order valence-electron chi connectivity index (χ1n) is 8.56. The minimum atomic E-state index is -0.386. The number of likely N-dealkylation sites (tertiary alicyclic amines) is 1. The fraction of sp³-hybridized carbons (Fsp3) is 0.350. The molecule has 25 heavy (non-hydrogen) atoms. The number of methoxy groups -OCH3 is 1. The molecule has 0 aromatic heterocycles. The largest absolute Gasteiger partial charge is 0.497 e. The number of aliphatic hydroxyl groups is 1. The van der Waals surface area contributed by atoms with Gasteiger partial charge in [0.25, 0.3) is 5.91 Å². The number of benzene rings is 2. The lowest BCUT2D eigenvalue weighted by atomic mass is 10.0. The number of rotatable bonds is 5. The van der Waals surface area contributed by atoms with Crippen molar-refractivity contribution in [1.29, 1.82) is 0 Å².